The Kier molecular flexibility index (Phi) is 5.52. The van der Waals surface area contributed by atoms with Crippen LogP contribution in [0.2, 0.25) is 5.02 Å². The molecule has 1 N–H and O–H groups in total. The Morgan fingerprint density at radius 1 is 1.43 bits per heavy atom. The third kappa shape index (κ3) is 3.32. The topological polar surface area (TPSA) is 79.6 Å². The molecule has 10 heteroatoms. The molecule has 0 aromatic carbocycles. The van der Waals surface area contributed by atoms with E-state index in [1.54, 1.807) is 6.92 Å². The zero-order chi connectivity index (χ0) is 15.9. The number of sulfonamides is 1. The number of aromatic nitrogens is 3. The first kappa shape index (κ1) is 18.4. The molecular weight excluding hydrogens is 361 g/mol. The van der Waals surface area contributed by atoms with Gasteiger partial charge in [0.1, 0.15) is 9.92 Å². The molecule has 0 radical (unpaired) electrons. The van der Waals surface area contributed by atoms with Crippen molar-refractivity contribution in [3.63, 3.8) is 0 Å². The predicted molar refractivity (Wildman–Crippen MR) is 90.8 cm³/mol. The molecule has 1 aliphatic heterocycles. The van der Waals surface area contributed by atoms with E-state index in [1.165, 1.54) is 21.2 Å². The molecule has 2 aromatic heterocycles. The van der Waals surface area contributed by atoms with Gasteiger partial charge in [0.15, 0.2) is 5.65 Å². The average Bonchev–Trinajstić information content (AvgIpc) is 2.81. The molecule has 3 heterocycles. The Morgan fingerprint density at radius 2 is 2.17 bits per heavy atom. The summed E-state index contributed by atoms with van der Waals surface area (Å²) in [5.74, 6) is 0. The zero-order valence-corrected chi connectivity index (χ0v) is 15.2. The van der Waals surface area contributed by atoms with Gasteiger partial charge < -0.3 is 5.32 Å². The van der Waals surface area contributed by atoms with Gasteiger partial charge in [0.25, 0.3) is 0 Å². The van der Waals surface area contributed by atoms with Crippen LogP contribution in [0.4, 0.5) is 0 Å². The molecule has 1 aliphatic rings. The molecule has 0 saturated carbocycles. The van der Waals surface area contributed by atoms with Gasteiger partial charge in [-0.1, -0.05) is 11.6 Å². The molecule has 1 saturated heterocycles. The van der Waals surface area contributed by atoms with E-state index >= 15 is 0 Å². The number of nitrogens with one attached hydrogen (secondary N) is 1. The molecule has 3 rings (SSSR count). The number of nitrogens with zero attached hydrogens (tertiary/aromatic N) is 4. The van der Waals surface area contributed by atoms with E-state index in [9.17, 15) is 8.42 Å². The van der Waals surface area contributed by atoms with Crippen molar-refractivity contribution in [3.8, 4) is 0 Å². The van der Waals surface area contributed by atoms with Crippen LogP contribution in [0, 0.1) is 6.92 Å². The summed E-state index contributed by atoms with van der Waals surface area (Å²) >= 11 is 6.08. The molecule has 0 bridgehead atoms. The Morgan fingerprint density at radius 3 is 2.87 bits per heavy atom. The SMILES string of the molecule is CNC1CCCN(S(=O)(=O)c2cnc3c(Cl)c(C)nn3c2)C1.Cl. The quantitative estimate of drug-likeness (QED) is 0.873. The van der Waals surface area contributed by atoms with Crippen LogP contribution < -0.4 is 5.32 Å². The molecule has 1 unspecified atom stereocenters. The fourth-order valence-corrected chi connectivity index (χ4v) is 4.31. The highest BCUT2D eigenvalue weighted by Gasteiger charge is 2.30. The van der Waals surface area contributed by atoms with E-state index in [-0.39, 0.29) is 23.3 Å². The molecule has 0 aliphatic carbocycles. The maximum Gasteiger partial charge on any atom is 0.246 e. The van der Waals surface area contributed by atoms with Crippen LogP contribution >= 0.6 is 24.0 Å². The standard InChI is InChI=1S/C13H18ClN5O2S.ClH/c1-9-12(14)13-16-6-11(8-19(13)17-9)22(20,21)18-5-3-4-10(7-18)15-2;/h6,8,10,15H,3-5,7H2,1-2H3;1H. The van der Waals surface area contributed by atoms with E-state index in [0.29, 0.717) is 29.5 Å². The van der Waals surface area contributed by atoms with Crippen molar-refractivity contribution < 1.29 is 8.42 Å². The molecule has 1 atom stereocenters. The van der Waals surface area contributed by atoms with Crippen LogP contribution in [0.25, 0.3) is 5.65 Å². The van der Waals surface area contributed by atoms with Gasteiger partial charge in [-0.05, 0) is 26.8 Å². The van der Waals surface area contributed by atoms with Gasteiger partial charge in [-0.15, -0.1) is 12.4 Å². The Balaban J connectivity index is 0.00000192. The van der Waals surface area contributed by atoms with Crippen LogP contribution in [-0.4, -0.2) is 53.5 Å². The molecule has 7 nitrogen and oxygen atoms in total. The van der Waals surface area contributed by atoms with Gasteiger partial charge in [-0.2, -0.15) is 9.40 Å². The number of aryl methyl sites for hydroxylation is 1. The predicted octanol–water partition coefficient (Wildman–Crippen LogP) is 1.49. The Labute approximate surface area is 146 Å². The number of likely N-dealkylation sites (N-methyl/N-ethyl adjacent to an activating group) is 1. The fraction of sp³-hybridized carbons (Fsp3) is 0.538. The Bertz CT molecular complexity index is 808. The van der Waals surface area contributed by atoms with Crippen LogP contribution in [0.15, 0.2) is 17.3 Å². The number of hydrogen-bond donors (Lipinski definition) is 1. The van der Waals surface area contributed by atoms with Gasteiger partial charge in [0.05, 0.1) is 18.1 Å². The highest BCUT2D eigenvalue weighted by Crippen LogP contribution is 2.23. The van der Waals surface area contributed by atoms with Crippen molar-refractivity contribution in [3.05, 3.63) is 23.1 Å². The summed E-state index contributed by atoms with van der Waals surface area (Å²) in [5.41, 5.74) is 1.08. The second-order valence-corrected chi connectivity index (χ2v) is 7.76. The van der Waals surface area contributed by atoms with Gasteiger partial charge in [0, 0.05) is 19.1 Å². The third-order valence-electron chi connectivity index (χ3n) is 3.98. The molecule has 0 spiro atoms. The molecule has 23 heavy (non-hydrogen) atoms. The summed E-state index contributed by atoms with van der Waals surface area (Å²) in [6.45, 7) is 2.75. The number of halogens is 2. The van der Waals surface area contributed by atoms with E-state index in [4.69, 9.17) is 11.6 Å². The number of hydrogen-bond acceptors (Lipinski definition) is 5. The lowest BCUT2D eigenvalue weighted by Crippen LogP contribution is -2.46. The number of fused-ring (bicyclic) bond motifs is 1. The maximum atomic E-state index is 12.8. The summed E-state index contributed by atoms with van der Waals surface area (Å²) in [4.78, 5) is 4.28. The van der Waals surface area contributed by atoms with Crippen molar-refractivity contribution in [1.29, 1.82) is 0 Å². The van der Waals surface area contributed by atoms with Crippen molar-refractivity contribution in [1.82, 2.24) is 24.2 Å². The minimum atomic E-state index is -3.57. The van der Waals surface area contributed by atoms with Gasteiger partial charge in [-0.25, -0.2) is 17.9 Å². The van der Waals surface area contributed by atoms with E-state index in [0.717, 1.165) is 12.8 Å². The van der Waals surface area contributed by atoms with Crippen molar-refractivity contribution in [2.75, 3.05) is 20.1 Å². The van der Waals surface area contributed by atoms with Crippen LogP contribution in [-0.2, 0) is 10.0 Å². The molecular formula is C13H19Cl2N5O2S. The van der Waals surface area contributed by atoms with Crippen molar-refractivity contribution in [2.45, 2.75) is 30.7 Å². The van der Waals surface area contributed by atoms with E-state index < -0.39 is 10.0 Å². The lowest BCUT2D eigenvalue weighted by atomic mass is 10.1. The second-order valence-electron chi connectivity index (χ2n) is 5.45. The summed E-state index contributed by atoms with van der Waals surface area (Å²) in [6, 6.07) is 0.182. The summed E-state index contributed by atoms with van der Waals surface area (Å²) in [6.07, 6.45) is 4.64. The van der Waals surface area contributed by atoms with E-state index in [1.807, 2.05) is 7.05 Å². The lowest BCUT2D eigenvalue weighted by Gasteiger charge is -2.31. The highest BCUT2D eigenvalue weighted by molar-refractivity contribution is 7.89. The normalized spacial score (nSPS) is 19.7. The second kappa shape index (κ2) is 6.90. The Hall–Kier alpha value is -0.930. The summed E-state index contributed by atoms with van der Waals surface area (Å²) in [5, 5.41) is 7.77. The van der Waals surface area contributed by atoms with Gasteiger partial charge in [-0.3, -0.25) is 0 Å². The van der Waals surface area contributed by atoms with E-state index in [2.05, 4.69) is 15.4 Å². The van der Waals surface area contributed by atoms with Crippen LogP contribution in [0.1, 0.15) is 18.5 Å². The van der Waals surface area contributed by atoms with Crippen LogP contribution in [0.3, 0.4) is 0 Å². The summed E-state index contributed by atoms with van der Waals surface area (Å²) in [7, 11) is -1.72. The first-order valence-electron chi connectivity index (χ1n) is 7.11. The molecule has 128 valence electrons. The number of rotatable bonds is 3. The minimum Gasteiger partial charge on any atom is -0.316 e. The fourth-order valence-electron chi connectivity index (χ4n) is 2.68. The third-order valence-corrected chi connectivity index (χ3v) is 6.24. The number of piperidine rings is 1. The first-order chi connectivity index (χ1) is 10.4. The summed E-state index contributed by atoms with van der Waals surface area (Å²) < 4.78 is 28.5. The first-order valence-corrected chi connectivity index (χ1v) is 8.93. The van der Waals surface area contributed by atoms with Crippen molar-refractivity contribution >= 4 is 39.7 Å². The smallest absolute Gasteiger partial charge is 0.246 e. The molecule has 2 aromatic rings. The largest absolute Gasteiger partial charge is 0.316 e. The zero-order valence-electron chi connectivity index (χ0n) is 12.9. The average molecular weight is 380 g/mol. The lowest BCUT2D eigenvalue weighted by molar-refractivity contribution is 0.292. The maximum absolute atomic E-state index is 12.8. The highest BCUT2D eigenvalue weighted by atomic mass is 35.5. The molecule has 0 amide bonds. The monoisotopic (exact) mass is 379 g/mol. The molecule has 1 fully saturated rings. The van der Waals surface area contributed by atoms with Gasteiger partial charge in [0.2, 0.25) is 10.0 Å². The van der Waals surface area contributed by atoms with Crippen LogP contribution in [0.5, 0.6) is 0 Å². The van der Waals surface area contributed by atoms with Crippen molar-refractivity contribution in [2.24, 2.45) is 0 Å². The minimum absolute atomic E-state index is 0. The van der Waals surface area contributed by atoms with Gasteiger partial charge >= 0.3 is 0 Å².